The molecule has 290 valence electrons. The maximum Gasteiger partial charge on any atom is 0.413 e. The molecule has 0 aliphatic rings. The Morgan fingerprint density at radius 2 is 1.57 bits per heavy atom. The molecule has 0 fully saturated rings. The van der Waals surface area contributed by atoms with E-state index >= 15 is 0 Å². The van der Waals surface area contributed by atoms with E-state index in [4.69, 9.17) is 0 Å². The van der Waals surface area contributed by atoms with E-state index in [1.807, 2.05) is 31.4 Å². The number of imidazole rings is 1. The normalized spacial score (nSPS) is 13.1. The lowest BCUT2D eigenvalue weighted by Gasteiger charge is -2.31. The van der Waals surface area contributed by atoms with Crippen LogP contribution in [0.15, 0.2) is 103 Å². The van der Waals surface area contributed by atoms with Gasteiger partial charge in [-0.1, -0.05) is 81.4 Å². The molecule has 54 heavy (non-hydrogen) atoms. The summed E-state index contributed by atoms with van der Waals surface area (Å²) in [4.78, 5) is 31.2. The number of sulfonamides is 1. The topological polar surface area (TPSA) is 155 Å². The third-order valence-electron chi connectivity index (χ3n) is 8.00. The summed E-state index contributed by atoms with van der Waals surface area (Å²) in [5, 5.41) is 13.9. The zero-order valence-corrected chi connectivity index (χ0v) is 31.8. The Bertz CT molecular complexity index is 2030. The molecule has 3 aromatic heterocycles. The van der Waals surface area contributed by atoms with Gasteiger partial charge >= 0.3 is 12.3 Å². The lowest BCUT2D eigenvalue weighted by atomic mass is 9.92. The number of carbonyl (C=O) groups is 2. The highest BCUT2D eigenvalue weighted by atomic mass is 32.2. The Hall–Kier alpha value is -4.84. The molecule has 2 aromatic carbocycles. The zero-order valence-electron chi connectivity index (χ0n) is 30.2. The standard InChI is InChI=1S/C24H31F3N6O6S2.C13H12/c1-23(2,3)7-9-33(41(37,38)20-13-32-10-8-28-18(32)11-29-20)15(14-34)16-5-6-17(40-16)21(24(25,26)27)31-19(35)12-30-22(36)39-4;1-3-7-12(8-4-1)11-13-9-5-2-6-10-13/h5-6,8,10-11,13,15,21,34H,7,9,12,14H2,1-4H3,(H,30,36)(H,31,35);1-10H,11H2/t15?,21-;/m1./s1. The number of nitrogens with one attached hydrogen (secondary N) is 2. The maximum absolute atomic E-state index is 14.0. The van der Waals surface area contributed by atoms with E-state index in [0.29, 0.717) is 23.4 Å². The number of alkyl carbamates (subject to hydrolysis) is 1. The van der Waals surface area contributed by atoms with E-state index < -0.39 is 53.4 Å². The van der Waals surface area contributed by atoms with Crippen molar-refractivity contribution in [2.24, 2.45) is 5.41 Å². The molecular weight excluding hydrogens is 746 g/mol. The highest BCUT2D eigenvalue weighted by molar-refractivity contribution is 7.89. The van der Waals surface area contributed by atoms with Crippen LogP contribution in [0.25, 0.3) is 5.65 Å². The van der Waals surface area contributed by atoms with Gasteiger partial charge < -0.3 is 24.9 Å². The number of thiophene rings is 1. The van der Waals surface area contributed by atoms with Crippen LogP contribution >= 0.6 is 11.3 Å². The number of fused-ring (bicyclic) bond motifs is 1. The van der Waals surface area contributed by atoms with Gasteiger partial charge in [-0.2, -0.15) is 17.5 Å². The minimum absolute atomic E-state index is 0.0629. The van der Waals surface area contributed by atoms with Crippen LogP contribution in [0.4, 0.5) is 18.0 Å². The van der Waals surface area contributed by atoms with Crippen LogP contribution in [0.3, 0.4) is 0 Å². The molecule has 3 N–H and O–H groups in total. The monoisotopic (exact) mass is 788 g/mol. The van der Waals surface area contributed by atoms with Gasteiger partial charge in [-0.15, -0.1) is 11.3 Å². The molecule has 0 aliphatic heterocycles. The Labute approximate surface area is 316 Å². The minimum Gasteiger partial charge on any atom is -0.453 e. The van der Waals surface area contributed by atoms with Crippen LogP contribution < -0.4 is 10.6 Å². The summed E-state index contributed by atoms with van der Waals surface area (Å²) in [7, 11) is -3.32. The summed E-state index contributed by atoms with van der Waals surface area (Å²) in [6.45, 7) is 4.14. The number of halogens is 3. The van der Waals surface area contributed by atoms with Crippen molar-refractivity contribution in [3.8, 4) is 0 Å². The summed E-state index contributed by atoms with van der Waals surface area (Å²) in [6, 6.07) is 19.8. The van der Waals surface area contributed by atoms with Crippen LogP contribution in [-0.4, -0.2) is 77.2 Å². The molecular formula is C37H43F3N6O6S2. The number of hydrogen-bond donors (Lipinski definition) is 3. The fourth-order valence-electron chi connectivity index (χ4n) is 5.15. The van der Waals surface area contributed by atoms with E-state index in [9.17, 15) is 36.3 Å². The molecule has 5 rings (SSSR count). The van der Waals surface area contributed by atoms with Gasteiger partial charge in [-0.3, -0.25) is 4.79 Å². The van der Waals surface area contributed by atoms with Crippen molar-refractivity contribution >= 4 is 39.0 Å². The molecule has 5 aromatic rings. The van der Waals surface area contributed by atoms with Gasteiger partial charge in [0.2, 0.25) is 5.91 Å². The average molecular weight is 789 g/mol. The van der Waals surface area contributed by atoms with Gasteiger partial charge in [0, 0.05) is 34.9 Å². The fraction of sp³-hybridized carbons (Fsp3) is 0.351. The Morgan fingerprint density at radius 3 is 2.13 bits per heavy atom. The smallest absolute Gasteiger partial charge is 0.413 e. The maximum atomic E-state index is 14.0. The van der Waals surface area contributed by atoms with Crippen molar-refractivity contribution in [2.45, 2.75) is 56.9 Å². The van der Waals surface area contributed by atoms with Gasteiger partial charge in [0.05, 0.1) is 26.0 Å². The molecule has 3 heterocycles. The lowest BCUT2D eigenvalue weighted by molar-refractivity contribution is -0.162. The number of benzene rings is 2. The molecule has 0 radical (unpaired) electrons. The second kappa shape index (κ2) is 18.5. The molecule has 17 heteroatoms. The van der Waals surface area contributed by atoms with Gasteiger partial charge in [-0.05, 0) is 41.5 Å². The summed E-state index contributed by atoms with van der Waals surface area (Å²) < 4.78 is 76.3. The first-order chi connectivity index (χ1) is 25.5. The number of aromatic nitrogens is 3. The molecule has 0 bridgehead atoms. The predicted molar refractivity (Wildman–Crippen MR) is 198 cm³/mol. The summed E-state index contributed by atoms with van der Waals surface area (Å²) >= 11 is 0.600. The number of rotatable bonds is 13. The summed E-state index contributed by atoms with van der Waals surface area (Å²) in [6.07, 6.45) is 1.04. The van der Waals surface area contributed by atoms with Crippen LogP contribution in [0, 0.1) is 5.41 Å². The van der Waals surface area contributed by atoms with E-state index in [2.05, 4.69) is 75.4 Å². The molecule has 1 unspecified atom stereocenters. The van der Waals surface area contributed by atoms with Crippen molar-refractivity contribution < 1.29 is 41.0 Å². The minimum atomic E-state index is -4.92. The first kappa shape index (κ1) is 41.9. The van der Waals surface area contributed by atoms with E-state index in [1.165, 1.54) is 46.4 Å². The number of amides is 2. The third-order valence-corrected chi connectivity index (χ3v) is 11.0. The van der Waals surface area contributed by atoms with Gasteiger partial charge in [-0.25, -0.2) is 23.2 Å². The van der Waals surface area contributed by atoms with Crippen molar-refractivity contribution in [1.82, 2.24) is 29.3 Å². The quantitative estimate of drug-likeness (QED) is 0.126. The molecule has 2 amide bonds. The SMILES string of the molecule is COC(=O)NCC(=O)N[C@H](c1ccc(C(CO)N(CCC(C)(C)C)S(=O)(=O)c2cn3ccnc3cn2)s1)C(F)(F)F.c1ccc(Cc2ccccc2)cc1. The first-order valence-electron chi connectivity index (χ1n) is 16.8. The number of carbonyl (C=O) groups excluding carboxylic acids is 2. The molecule has 2 atom stereocenters. The van der Waals surface area contributed by atoms with Crippen molar-refractivity contribution in [3.63, 3.8) is 0 Å². The highest BCUT2D eigenvalue weighted by Crippen LogP contribution is 2.40. The predicted octanol–water partition coefficient (Wildman–Crippen LogP) is 6.30. The van der Waals surface area contributed by atoms with Crippen molar-refractivity contribution in [3.05, 3.63) is 118 Å². The number of methoxy groups -OCH3 is 1. The molecule has 0 saturated heterocycles. The van der Waals surface area contributed by atoms with Gasteiger partial charge in [0.25, 0.3) is 10.0 Å². The second-order valence-electron chi connectivity index (χ2n) is 13.3. The largest absolute Gasteiger partial charge is 0.453 e. The number of ether oxygens (including phenoxy) is 1. The van der Waals surface area contributed by atoms with Crippen molar-refractivity contribution in [2.75, 3.05) is 26.8 Å². The van der Waals surface area contributed by atoms with Crippen LogP contribution in [0.1, 0.15) is 60.2 Å². The second-order valence-corrected chi connectivity index (χ2v) is 16.3. The number of hydrogen-bond acceptors (Lipinski definition) is 9. The van der Waals surface area contributed by atoms with E-state index in [1.54, 1.807) is 0 Å². The van der Waals surface area contributed by atoms with Crippen LogP contribution in [0.2, 0.25) is 0 Å². The fourth-order valence-corrected chi connectivity index (χ4v) is 7.93. The van der Waals surface area contributed by atoms with Gasteiger partial charge in [0.15, 0.2) is 16.7 Å². The first-order valence-corrected chi connectivity index (χ1v) is 19.0. The molecule has 12 nitrogen and oxygen atoms in total. The summed E-state index contributed by atoms with van der Waals surface area (Å²) in [5.41, 5.74) is 2.83. The number of nitrogens with zero attached hydrogens (tertiary/aromatic N) is 4. The third kappa shape index (κ3) is 11.8. The number of aliphatic hydroxyl groups excluding tert-OH is 1. The number of alkyl halides is 3. The average Bonchev–Trinajstić information content (AvgIpc) is 3.81. The lowest BCUT2D eigenvalue weighted by Crippen LogP contribution is -2.43. The zero-order chi connectivity index (χ0) is 39.5. The Kier molecular flexibility index (Phi) is 14.3. The number of aliphatic hydroxyl groups is 1. The summed E-state index contributed by atoms with van der Waals surface area (Å²) in [5.74, 6) is -1.12. The van der Waals surface area contributed by atoms with Gasteiger partial charge in [0.1, 0.15) is 6.54 Å². The Morgan fingerprint density at radius 1 is 0.963 bits per heavy atom. The molecule has 0 aliphatic carbocycles. The Balaban J connectivity index is 0.000000416. The van der Waals surface area contributed by atoms with Crippen LogP contribution in [0.5, 0.6) is 0 Å². The van der Waals surface area contributed by atoms with Crippen LogP contribution in [-0.2, 0) is 26.0 Å². The highest BCUT2D eigenvalue weighted by Gasteiger charge is 2.44. The van der Waals surface area contributed by atoms with E-state index in [-0.39, 0.29) is 26.7 Å². The molecule has 0 saturated carbocycles. The molecule has 0 spiro atoms. The van der Waals surface area contributed by atoms with Crippen molar-refractivity contribution in [1.29, 1.82) is 0 Å². The van der Waals surface area contributed by atoms with E-state index in [0.717, 1.165) is 23.9 Å².